The van der Waals surface area contributed by atoms with Gasteiger partial charge in [0.2, 0.25) is 0 Å². The van der Waals surface area contributed by atoms with Gasteiger partial charge in [0.15, 0.2) is 11.5 Å². The van der Waals surface area contributed by atoms with E-state index >= 15 is 4.39 Å². The molecule has 1 aliphatic carbocycles. The Bertz CT molecular complexity index is 1280. The maximum absolute atomic E-state index is 15.5. The number of aromatic nitrogens is 3. The number of benzene rings is 1. The summed E-state index contributed by atoms with van der Waals surface area (Å²) in [5.74, 6) is 2.10. The number of aliphatic hydroxyl groups excluding tert-OH is 1. The third-order valence-electron chi connectivity index (χ3n) is 7.99. The number of halogens is 2. The molecule has 0 bridgehead atoms. The Morgan fingerprint density at radius 1 is 1.11 bits per heavy atom. The second kappa shape index (κ2) is 9.30. The summed E-state index contributed by atoms with van der Waals surface area (Å²) in [5, 5.41) is 11.4. The number of methoxy groups -OCH3 is 1. The summed E-state index contributed by atoms with van der Waals surface area (Å²) >= 11 is 6.77. The molecule has 190 valence electrons. The van der Waals surface area contributed by atoms with E-state index in [1.807, 2.05) is 24.4 Å². The van der Waals surface area contributed by atoms with Crippen LogP contribution in [-0.4, -0.2) is 59.5 Å². The van der Waals surface area contributed by atoms with Gasteiger partial charge in [0.1, 0.15) is 11.6 Å². The molecule has 0 spiro atoms. The molecule has 7 nitrogen and oxygen atoms in total. The Kier molecular flexibility index (Phi) is 6.12. The highest BCUT2D eigenvalue weighted by atomic mass is 35.5. The maximum Gasteiger partial charge on any atom is 0.170 e. The van der Waals surface area contributed by atoms with Crippen molar-refractivity contribution in [1.82, 2.24) is 15.0 Å². The quantitative estimate of drug-likeness (QED) is 0.517. The van der Waals surface area contributed by atoms with E-state index in [0.717, 1.165) is 73.7 Å². The molecule has 3 aliphatic rings. The molecule has 1 saturated carbocycles. The van der Waals surface area contributed by atoms with E-state index < -0.39 is 5.67 Å². The van der Waals surface area contributed by atoms with Gasteiger partial charge in [0.05, 0.1) is 29.4 Å². The van der Waals surface area contributed by atoms with Crippen LogP contribution in [0.1, 0.15) is 56.0 Å². The number of hydrogen-bond acceptors (Lipinski definition) is 7. The molecule has 0 radical (unpaired) electrons. The van der Waals surface area contributed by atoms with Crippen molar-refractivity contribution >= 4 is 34.0 Å². The summed E-state index contributed by atoms with van der Waals surface area (Å²) in [6, 6.07) is 7.78. The van der Waals surface area contributed by atoms with Crippen molar-refractivity contribution in [3.05, 3.63) is 47.0 Å². The molecule has 1 atom stereocenters. The summed E-state index contributed by atoms with van der Waals surface area (Å²) in [6.45, 7) is 2.86. The van der Waals surface area contributed by atoms with E-state index in [1.54, 1.807) is 7.11 Å². The highest BCUT2D eigenvalue weighted by Gasteiger charge is 2.43. The molecule has 1 N–H and O–H groups in total. The van der Waals surface area contributed by atoms with Gasteiger partial charge in [-0.2, -0.15) is 0 Å². The molecule has 2 aliphatic heterocycles. The zero-order valence-corrected chi connectivity index (χ0v) is 21.2. The van der Waals surface area contributed by atoms with Crippen LogP contribution in [0.25, 0.3) is 10.9 Å². The number of fused-ring (bicyclic) bond motifs is 1. The fourth-order valence-corrected chi connectivity index (χ4v) is 5.97. The Balaban J connectivity index is 1.37. The Hall–Kier alpha value is -2.71. The summed E-state index contributed by atoms with van der Waals surface area (Å²) < 4.78 is 21.1. The molecule has 1 aromatic carbocycles. The number of pyridine rings is 1. The number of anilines is 2. The van der Waals surface area contributed by atoms with Crippen molar-refractivity contribution in [1.29, 1.82) is 0 Å². The molecular formula is C27H31ClFN5O2. The summed E-state index contributed by atoms with van der Waals surface area (Å²) in [7, 11) is 1.68. The first-order valence-corrected chi connectivity index (χ1v) is 13.2. The van der Waals surface area contributed by atoms with E-state index in [2.05, 4.69) is 25.8 Å². The topological polar surface area (TPSA) is 74.6 Å². The van der Waals surface area contributed by atoms with Gasteiger partial charge < -0.3 is 19.6 Å². The van der Waals surface area contributed by atoms with Crippen LogP contribution in [0.4, 0.5) is 15.9 Å². The van der Waals surface area contributed by atoms with Gasteiger partial charge in [-0.25, -0.2) is 14.4 Å². The minimum Gasteiger partial charge on any atom is -0.495 e. The highest BCUT2D eigenvalue weighted by molar-refractivity contribution is 6.35. The van der Waals surface area contributed by atoms with Crippen LogP contribution < -0.4 is 14.5 Å². The van der Waals surface area contributed by atoms with Crippen molar-refractivity contribution in [2.45, 2.75) is 56.2 Å². The Morgan fingerprint density at radius 3 is 2.56 bits per heavy atom. The number of β-amino-alcohol motifs (C(OH)–C–C–N with tert-alkyl or cyclic N) is 1. The van der Waals surface area contributed by atoms with E-state index in [-0.39, 0.29) is 17.8 Å². The average Bonchev–Trinajstić information content (AvgIpc) is 3.33. The SMILES string of the molecule is COc1cccnc1C1CCN(c2nc(C3(F)CCC3)nc3c(Cl)cc(N4CC[C@@H](O)C4)cc23)CC1. The van der Waals surface area contributed by atoms with Crippen LogP contribution in [0, 0.1) is 0 Å². The lowest BCUT2D eigenvalue weighted by Crippen LogP contribution is -2.36. The van der Waals surface area contributed by atoms with Gasteiger partial charge in [-0.3, -0.25) is 4.98 Å². The molecule has 4 heterocycles. The molecule has 3 fully saturated rings. The fourth-order valence-electron chi connectivity index (χ4n) is 5.72. The van der Waals surface area contributed by atoms with Crippen LogP contribution in [0.2, 0.25) is 5.02 Å². The molecule has 9 heteroatoms. The minimum atomic E-state index is -1.48. The number of nitrogens with zero attached hydrogens (tertiary/aromatic N) is 5. The molecule has 0 amide bonds. The van der Waals surface area contributed by atoms with Crippen LogP contribution in [0.3, 0.4) is 0 Å². The molecule has 2 saturated heterocycles. The number of hydrogen-bond donors (Lipinski definition) is 1. The number of piperidine rings is 1. The van der Waals surface area contributed by atoms with Crippen LogP contribution >= 0.6 is 11.6 Å². The third kappa shape index (κ3) is 4.14. The lowest BCUT2D eigenvalue weighted by atomic mass is 9.81. The van der Waals surface area contributed by atoms with E-state index in [1.165, 1.54) is 0 Å². The number of ether oxygens (including phenoxy) is 1. The van der Waals surface area contributed by atoms with E-state index in [9.17, 15) is 5.11 Å². The largest absolute Gasteiger partial charge is 0.495 e. The lowest BCUT2D eigenvalue weighted by molar-refractivity contribution is 0.0512. The fraction of sp³-hybridized carbons (Fsp3) is 0.519. The van der Waals surface area contributed by atoms with Gasteiger partial charge in [-0.15, -0.1) is 0 Å². The highest BCUT2D eigenvalue weighted by Crippen LogP contribution is 2.46. The van der Waals surface area contributed by atoms with Gasteiger partial charge in [0.25, 0.3) is 0 Å². The second-order valence-electron chi connectivity index (χ2n) is 10.3. The molecule has 0 unspecified atom stereocenters. The predicted molar refractivity (Wildman–Crippen MR) is 139 cm³/mol. The van der Waals surface area contributed by atoms with Gasteiger partial charge in [0, 0.05) is 49.4 Å². The monoisotopic (exact) mass is 511 g/mol. The first-order valence-electron chi connectivity index (χ1n) is 12.8. The summed E-state index contributed by atoms with van der Waals surface area (Å²) in [4.78, 5) is 18.5. The third-order valence-corrected chi connectivity index (χ3v) is 8.28. The number of aliphatic hydroxyl groups is 1. The zero-order valence-electron chi connectivity index (χ0n) is 20.5. The van der Waals surface area contributed by atoms with Crippen LogP contribution in [0.5, 0.6) is 5.75 Å². The van der Waals surface area contributed by atoms with Gasteiger partial charge in [-0.05, 0) is 62.8 Å². The van der Waals surface area contributed by atoms with Crippen LogP contribution in [-0.2, 0) is 5.67 Å². The molecule has 3 aromatic rings. The second-order valence-corrected chi connectivity index (χ2v) is 10.7. The van der Waals surface area contributed by atoms with Gasteiger partial charge >= 0.3 is 0 Å². The van der Waals surface area contributed by atoms with Gasteiger partial charge in [-0.1, -0.05) is 11.6 Å². The zero-order chi connectivity index (χ0) is 24.9. The van der Waals surface area contributed by atoms with E-state index in [0.29, 0.717) is 29.9 Å². The molecule has 6 rings (SSSR count). The van der Waals surface area contributed by atoms with Crippen molar-refractivity contribution in [3.8, 4) is 5.75 Å². The van der Waals surface area contributed by atoms with Crippen molar-refractivity contribution in [2.24, 2.45) is 0 Å². The number of alkyl halides is 1. The predicted octanol–water partition coefficient (Wildman–Crippen LogP) is 4.99. The standard InChI is InChI=1S/C27H31ClFN5O2/c1-36-22-4-2-10-30-23(22)17-5-11-33(12-6-17)25-20-14-18(34-13-7-19(35)16-34)15-21(28)24(20)31-26(32-25)27(29)8-3-9-27/h2,4,10,14-15,17,19,35H,3,5-9,11-13,16H2,1H3/t19-/m1/s1. The first-order chi connectivity index (χ1) is 17.4. The smallest absolute Gasteiger partial charge is 0.170 e. The normalized spacial score (nSPS) is 22.2. The van der Waals surface area contributed by atoms with Crippen molar-refractivity contribution in [2.75, 3.05) is 43.1 Å². The minimum absolute atomic E-state index is 0.246. The molecule has 2 aromatic heterocycles. The van der Waals surface area contributed by atoms with Crippen LogP contribution in [0.15, 0.2) is 30.5 Å². The van der Waals surface area contributed by atoms with Crippen molar-refractivity contribution < 1.29 is 14.2 Å². The van der Waals surface area contributed by atoms with Crippen molar-refractivity contribution in [3.63, 3.8) is 0 Å². The average molecular weight is 512 g/mol. The summed E-state index contributed by atoms with van der Waals surface area (Å²) in [6.07, 6.45) is 5.71. The Morgan fingerprint density at radius 2 is 1.89 bits per heavy atom. The first kappa shape index (κ1) is 23.7. The molecular weight excluding hydrogens is 481 g/mol. The van der Waals surface area contributed by atoms with E-state index in [4.69, 9.17) is 21.3 Å². The number of rotatable bonds is 5. The summed E-state index contributed by atoms with van der Waals surface area (Å²) in [5.41, 5.74) is 1.04. The molecule has 36 heavy (non-hydrogen) atoms. The lowest BCUT2D eigenvalue weighted by Gasteiger charge is -2.36. The Labute approximate surface area is 215 Å². The maximum atomic E-state index is 15.5.